The molecular weight excluding hydrogens is 753 g/mol. The fourth-order valence-corrected chi connectivity index (χ4v) is 11.8. The molecule has 12 aromatic carbocycles. The van der Waals surface area contributed by atoms with Crippen molar-refractivity contribution in [2.24, 2.45) is 0 Å². The fourth-order valence-electron chi connectivity index (χ4n) is 11.8. The summed E-state index contributed by atoms with van der Waals surface area (Å²) in [7, 11) is 0. The number of rotatable bonds is 5. The van der Waals surface area contributed by atoms with Crippen LogP contribution in [0.5, 0.6) is 11.5 Å². The van der Waals surface area contributed by atoms with Crippen LogP contribution in [0.2, 0.25) is 0 Å². The molecule has 292 valence electrons. The normalized spacial score (nSPS) is 17.4. The van der Waals surface area contributed by atoms with E-state index in [2.05, 4.69) is 183 Å². The molecular formula is C60H40O2. The number of phenolic OH excluding ortho intramolecular Hbond substituents is 2. The summed E-state index contributed by atoms with van der Waals surface area (Å²) in [6.07, 6.45) is 0.764. The number of phenols is 2. The van der Waals surface area contributed by atoms with Gasteiger partial charge in [-0.25, -0.2) is 0 Å². The van der Waals surface area contributed by atoms with Gasteiger partial charge in [0.1, 0.15) is 11.5 Å². The standard InChI is InChI=1S/C60H40O2/c1-59(44-15-9-12-39(33-44)48-34-42-26-30-54(62)47-27-23-37-11-10-16-45(48)56(37)58(42)47)49-17-5-7-19-51(49)60(43-13-3-2-4-14-43,52-20-8-6-18-50(52)59)35-36-31-40-22-21-38-25-29-53(61)46-28-24-41(32-36)55(40)57(38)46/h2-34,61-62H,35H2,1H3. The van der Waals surface area contributed by atoms with Crippen LogP contribution in [0.25, 0.3) is 75.8 Å². The SMILES string of the molecule is CC1(c2cccc(-c3cc4ccc(O)c5ccc6cccc3c6c45)c2)c2ccccc2C(Cc2cc3ccc4ccc(O)c5ccc(c2)c3c45)(c2ccccc2)c2ccccc21. The van der Waals surface area contributed by atoms with Crippen molar-refractivity contribution in [3.05, 3.63) is 239 Å². The molecule has 13 rings (SSSR count). The Balaban J connectivity index is 1.04. The van der Waals surface area contributed by atoms with Crippen LogP contribution < -0.4 is 0 Å². The second-order valence-electron chi connectivity index (χ2n) is 17.6. The molecule has 62 heavy (non-hydrogen) atoms. The lowest BCUT2D eigenvalue weighted by Gasteiger charge is -2.49. The third-order valence-corrected chi connectivity index (χ3v) is 14.6. The van der Waals surface area contributed by atoms with E-state index in [1.807, 2.05) is 18.2 Å². The molecule has 2 nitrogen and oxygen atoms in total. The van der Waals surface area contributed by atoms with Crippen molar-refractivity contribution in [3.8, 4) is 22.6 Å². The van der Waals surface area contributed by atoms with Crippen LogP contribution in [0.15, 0.2) is 200 Å². The number of fused-ring (bicyclic) bond motifs is 2. The summed E-state index contributed by atoms with van der Waals surface area (Å²) in [5.41, 5.74) is 10.4. The summed E-state index contributed by atoms with van der Waals surface area (Å²) >= 11 is 0. The van der Waals surface area contributed by atoms with Gasteiger partial charge < -0.3 is 10.2 Å². The van der Waals surface area contributed by atoms with E-state index < -0.39 is 10.8 Å². The van der Waals surface area contributed by atoms with Gasteiger partial charge in [-0.2, -0.15) is 0 Å². The first kappa shape index (κ1) is 35.1. The summed E-state index contributed by atoms with van der Waals surface area (Å²) in [4.78, 5) is 0. The van der Waals surface area contributed by atoms with Crippen LogP contribution in [0.3, 0.4) is 0 Å². The molecule has 0 unspecified atom stereocenters. The van der Waals surface area contributed by atoms with Crippen LogP contribution in [-0.4, -0.2) is 10.2 Å². The molecule has 2 heteroatoms. The Morgan fingerprint density at radius 1 is 0.371 bits per heavy atom. The zero-order valence-electron chi connectivity index (χ0n) is 34.2. The molecule has 0 radical (unpaired) electrons. The van der Waals surface area contributed by atoms with E-state index in [-0.39, 0.29) is 0 Å². The van der Waals surface area contributed by atoms with Crippen molar-refractivity contribution in [1.82, 2.24) is 0 Å². The smallest absolute Gasteiger partial charge is 0.123 e. The topological polar surface area (TPSA) is 40.5 Å². The predicted octanol–water partition coefficient (Wildman–Crippen LogP) is 14.8. The van der Waals surface area contributed by atoms with E-state index >= 15 is 0 Å². The Morgan fingerprint density at radius 2 is 0.871 bits per heavy atom. The van der Waals surface area contributed by atoms with Crippen LogP contribution in [0.1, 0.15) is 45.9 Å². The first-order chi connectivity index (χ1) is 30.4. The number of hydrogen-bond acceptors (Lipinski definition) is 2. The lowest BCUT2D eigenvalue weighted by molar-refractivity contribution is 0.481. The van der Waals surface area contributed by atoms with Gasteiger partial charge in [-0.15, -0.1) is 0 Å². The zero-order valence-corrected chi connectivity index (χ0v) is 34.2. The third kappa shape index (κ3) is 4.64. The first-order valence-electron chi connectivity index (χ1n) is 21.6. The lowest BCUT2D eigenvalue weighted by Crippen LogP contribution is -2.44. The molecule has 0 aromatic heterocycles. The number of hydrogen-bond donors (Lipinski definition) is 2. The highest BCUT2D eigenvalue weighted by Gasteiger charge is 2.50. The molecule has 12 aromatic rings. The molecule has 2 N–H and O–H groups in total. The Labute approximate surface area is 359 Å². The first-order valence-corrected chi connectivity index (χ1v) is 21.6. The highest BCUT2D eigenvalue weighted by Crippen LogP contribution is 2.57. The van der Waals surface area contributed by atoms with Gasteiger partial charge >= 0.3 is 0 Å². The molecule has 0 heterocycles. The monoisotopic (exact) mass is 792 g/mol. The van der Waals surface area contributed by atoms with Gasteiger partial charge in [0.15, 0.2) is 0 Å². The van der Waals surface area contributed by atoms with E-state index in [1.54, 1.807) is 6.07 Å². The largest absolute Gasteiger partial charge is 0.507 e. The van der Waals surface area contributed by atoms with Crippen LogP contribution in [0, 0.1) is 0 Å². The van der Waals surface area contributed by atoms with E-state index in [9.17, 15) is 10.2 Å². The summed E-state index contributed by atoms with van der Waals surface area (Å²) < 4.78 is 0. The van der Waals surface area contributed by atoms with Gasteiger partial charge in [0, 0.05) is 32.4 Å². The van der Waals surface area contributed by atoms with Gasteiger partial charge in [-0.1, -0.05) is 176 Å². The van der Waals surface area contributed by atoms with Gasteiger partial charge in [0.05, 0.1) is 0 Å². The zero-order chi connectivity index (χ0) is 41.3. The quantitative estimate of drug-likeness (QED) is 0.170. The van der Waals surface area contributed by atoms with Crippen molar-refractivity contribution >= 4 is 64.6 Å². The number of aromatic hydroxyl groups is 2. The van der Waals surface area contributed by atoms with Gasteiger partial charge in [0.2, 0.25) is 0 Å². The second-order valence-corrected chi connectivity index (χ2v) is 17.6. The number of benzene rings is 12. The minimum Gasteiger partial charge on any atom is -0.507 e. The molecule has 0 spiro atoms. The lowest BCUT2D eigenvalue weighted by atomic mass is 9.53. The maximum Gasteiger partial charge on any atom is 0.123 e. The van der Waals surface area contributed by atoms with Gasteiger partial charge in [-0.05, 0) is 131 Å². The molecule has 0 aliphatic heterocycles. The summed E-state index contributed by atoms with van der Waals surface area (Å²) in [5, 5.41) is 35.2. The molecule has 0 saturated carbocycles. The Bertz CT molecular complexity index is 3700. The Kier molecular flexibility index (Phi) is 7.18. The molecule has 0 amide bonds. The molecule has 1 aliphatic carbocycles. The van der Waals surface area contributed by atoms with Crippen molar-refractivity contribution in [1.29, 1.82) is 0 Å². The van der Waals surface area contributed by atoms with Crippen molar-refractivity contribution in [2.75, 3.05) is 0 Å². The van der Waals surface area contributed by atoms with Crippen molar-refractivity contribution in [2.45, 2.75) is 24.2 Å². The molecule has 0 fully saturated rings. The molecule has 0 bridgehead atoms. The summed E-state index contributed by atoms with van der Waals surface area (Å²) in [6, 6.07) is 73.0. The molecule has 0 saturated heterocycles. The van der Waals surface area contributed by atoms with Crippen LogP contribution >= 0.6 is 0 Å². The van der Waals surface area contributed by atoms with Crippen molar-refractivity contribution in [3.63, 3.8) is 0 Å². The van der Waals surface area contributed by atoms with E-state index in [0.717, 1.165) is 38.7 Å². The van der Waals surface area contributed by atoms with E-state index in [0.29, 0.717) is 11.5 Å². The maximum atomic E-state index is 10.9. The molecule has 1 aliphatic rings. The van der Waals surface area contributed by atoms with Gasteiger partial charge in [-0.3, -0.25) is 0 Å². The predicted molar refractivity (Wildman–Crippen MR) is 258 cm³/mol. The maximum absolute atomic E-state index is 10.9. The summed E-state index contributed by atoms with van der Waals surface area (Å²) in [6.45, 7) is 2.43. The van der Waals surface area contributed by atoms with Gasteiger partial charge in [0.25, 0.3) is 0 Å². The second kappa shape index (κ2) is 12.7. The third-order valence-electron chi connectivity index (χ3n) is 14.6. The fraction of sp³-hybridized carbons (Fsp3) is 0.0667. The highest BCUT2D eigenvalue weighted by atomic mass is 16.3. The van der Waals surface area contributed by atoms with Crippen LogP contribution in [-0.2, 0) is 17.3 Å². The average Bonchev–Trinajstić information content (AvgIpc) is 3.32. The highest BCUT2D eigenvalue weighted by molar-refractivity contribution is 6.27. The molecule has 0 atom stereocenters. The van der Waals surface area contributed by atoms with Crippen molar-refractivity contribution < 1.29 is 10.2 Å². The van der Waals surface area contributed by atoms with E-state index in [1.165, 1.54) is 82.4 Å². The summed E-state index contributed by atoms with van der Waals surface area (Å²) in [5.74, 6) is 0.633. The Morgan fingerprint density at radius 3 is 1.58 bits per heavy atom. The average molecular weight is 793 g/mol. The Hall–Kier alpha value is -7.68. The van der Waals surface area contributed by atoms with E-state index in [4.69, 9.17) is 0 Å². The van der Waals surface area contributed by atoms with Crippen LogP contribution in [0.4, 0.5) is 0 Å². The minimum absolute atomic E-state index is 0.314. The minimum atomic E-state index is -0.500.